The molecule has 4 rings (SSSR count). The minimum absolute atomic E-state index is 0. The fourth-order valence-electron chi connectivity index (χ4n) is 3.68. The van der Waals surface area contributed by atoms with Gasteiger partial charge in [0.1, 0.15) is 0 Å². The Labute approximate surface area is 134 Å². The number of fused-ring (bicyclic) bond motifs is 1. The first-order chi connectivity index (χ1) is 9.79. The van der Waals surface area contributed by atoms with E-state index in [-0.39, 0.29) is 17.8 Å². The summed E-state index contributed by atoms with van der Waals surface area (Å²) in [4.78, 5) is 4.65. The minimum atomic E-state index is 0. The molecule has 2 aliphatic rings. The number of rotatable bonds is 2. The molecule has 4 nitrogen and oxygen atoms in total. The van der Waals surface area contributed by atoms with Crippen molar-refractivity contribution in [2.45, 2.75) is 24.7 Å². The molecule has 0 amide bonds. The number of benzene rings is 1. The summed E-state index contributed by atoms with van der Waals surface area (Å²) in [6, 6.07) is 7.61. The molecule has 0 unspecified atom stereocenters. The third-order valence-corrected chi connectivity index (χ3v) is 5.08. The molecule has 1 saturated carbocycles. The second kappa shape index (κ2) is 5.59. The maximum absolute atomic E-state index is 6.20. The fourth-order valence-corrected chi connectivity index (χ4v) is 3.90. The molecule has 1 aliphatic heterocycles. The number of nitrogens with zero attached hydrogens (tertiary/aromatic N) is 2. The maximum Gasteiger partial charge on any atom is 0.234 e. The fraction of sp³-hybridized carbons (Fsp3) is 0.467. The van der Waals surface area contributed by atoms with Crippen LogP contribution in [-0.4, -0.2) is 23.2 Å². The van der Waals surface area contributed by atoms with Crippen LogP contribution < -0.4 is 5.32 Å². The molecule has 6 heteroatoms. The van der Waals surface area contributed by atoms with E-state index in [0.29, 0.717) is 16.8 Å². The summed E-state index contributed by atoms with van der Waals surface area (Å²) < 4.78 is 5.60. The summed E-state index contributed by atoms with van der Waals surface area (Å²) in [5, 5.41) is 8.28. The lowest BCUT2D eigenvalue weighted by Crippen LogP contribution is -2.31. The zero-order chi connectivity index (χ0) is 13.6. The van der Waals surface area contributed by atoms with Crippen molar-refractivity contribution in [2.75, 3.05) is 13.1 Å². The Morgan fingerprint density at radius 1 is 1.33 bits per heavy atom. The maximum atomic E-state index is 6.20. The SMILES string of the molecule is Cl.Clc1ccccc1-c1noc([C@@]23CCC[C@@H]2CNC3)n1. The summed E-state index contributed by atoms with van der Waals surface area (Å²) in [6.45, 7) is 2.01. The highest BCUT2D eigenvalue weighted by Crippen LogP contribution is 2.47. The van der Waals surface area contributed by atoms with Crippen molar-refractivity contribution >= 4 is 24.0 Å². The van der Waals surface area contributed by atoms with Crippen LogP contribution in [0.15, 0.2) is 28.8 Å². The predicted octanol–water partition coefficient (Wildman–Crippen LogP) is 3.45. The molecule has 2 atom stereocenters. The van der Waals surface area contributed by atoms with Crippen LogP contribution in [0.4, 0.5) is 0 Å². The Hall–Kier alpha value is -1.10. The number of hydrogen-bond donors (Lipinski definition) is 1. The van der Waals surface area contributed by atoms with Crippen LogP contribution in [0.1, 0.15) is 25.2 Å². The van der Waals surface area contributed by atoms with Gasteiger partial charge in [-0.2, -0.15) is 4.98 Å². The van der Waals surface area contributed by atoms with Crippen LogP contribution in [0.3, 0.4) is 0 Å². The molecule has 2 heterocycles. The normalized spacial score (nSPS) is 27.4. The predicted molar refractivity (Wildman–Crippen MR) is 83.9 cm³/mol. The zero-order valence-corrected chi connectivity index (χ0v) is 13.1. The van der Waals surface area contributed by atoms with E-state index >= 15 is 0 Å². The van der Waals surface area contributed by atoms with Crippen molar-refractivity contribution in [3.8, 4) is 11.4 Å². The lowest BCUT2D eigenvalue weighted by molar-refractivity contribution is 0.265. The highest BCUT2D eigenvalue weighted by Gasteiger charge is 2.51. The van der Waals surface area contributed by atoms with Gasteiger partial charge >= 0.3 is 0 Å². The van der Waals surface area contributed by atoms with E-state index in [1.165, 1.54) is 12.8 Å². The first kappa shape index (κ1) is 14.8. The van der Waals surface area contributed by atoms with Crippen molar-refractivity contribution < 1.29 is 4.52 Å². The summed E-state index contributed by atoms with van der Waals surface area (Å²) in [6.07, 6.45) is 3.63. The van der Waals surface area contributed by atoms with Gasteiger partial charge < -0.3 is 9.84 Å². The summed E-state index contributed by atoms with van der Waals surface area (Å²) >= 11 is 6.20. The van der Waals surface area contributed by atoms with Gasteiger partial charge in [-0.05, 0) is 37.4 Å². The Morgan fingerprint density at radius 3 is 3.05 bits per heavy atom. The molecular weight excluding hydrogens is 309 g/mol. The molecule has 0 spiro atoms. The summed E-state index contributed by atoms with van der Waals surface area (Å²) in [5.74, 6) is 2.00. The topological polar surface area (TPSA) is 51.0 Å². The van der Waals surface area contributed by atoms with Crippen molar-refractivity contribution in [2.24, 2.45) is 5.92 Å². The first-order valence-corrected chi connectivity index (χ1v) is 7.47. The molecular formula is C15H17Cl2N3O. The molecule has 1 aromatic carbocycles. The van der Waals surface area contributed by atoms with Crippen LogP contribution in [-0.2, 0) is 5.41 Å². The van der Waals surface area contributed by atoms with E-state index in [4.69, 9.17) is 16.1 Å². The van der Waals surface area contributed by atoms with Crippen LogP contribution in [0.5, 0.6) is 0 Å². The largest absolute Gasteiger partial charge is 0.338 e. The van der Waals surface area contributed by atoms with Gasteiger partial charge in [0, 0.05) is 12.1 Å². The monoisotopic (exact) mass is 325 g/mol. The van der Waals surface area contributed by atoms with E-state index < -0.39 is 0 Å². The van der Waals surface area contributed by atoms with Crippen LogP contribution >= 0.6 is 24.0 Å². The Kier molecular flexibility index (Phi) is 3.95. The zero-order valence-electron chi connectivity index (χ0n) is 11.5. The van der Waals surface area contributed by atoms with E-state index in [0.717, 1.165) is 31.0 Å². The number of nitrogens with one attached hydrogen (secondary N) is 1. The molecule has 2 fully saturated rings. The molecule has 1 aliphatic carbocycles. The third kappa shape index (κ3) is 2.26. The van der Waals surface area contributed by atoms with Crippen LogP contribution in [0.2, 0.25) is 5.02 Å². The summed E-state index contributed by atoms with van der Waals surface area (Å²) in [5.41, 5.74) is 0.882. The lowest BCUT2D eigenvalue weighted by Gasteiger charge is -2.22. The molecule has 2 aromatic rings. The van der Waals surface area contributed by atoms with Gasteiger partial charge in [0.2, 0.25) is 11.7 Å². The number of hydrogen-bond acceptors (Lipinski definition) is 4. The van der Waals surface area contributed by atoms with Crippen molar-refractivity contribution in [3.63, 3.8) is 0 Å². The van der Waals surface area contributed by atoms with Crippen molar-refractivity contribution in [3.05, 3.63) is 35.2 Å². The van der Waals surface area contributed by atoms with E-state index in [9.17, 15) is 0 Å². The number of halogens is 2. The van der Waals surface area contributed by atoms with Crippen molar-refractivity contribution in [1.82, 2.24) is 15.5 Å². The Morgan fingerprint density at radius 2 is 2.19 bits per heavy atom. The van der Waals surface area contributed by atoms with Gasteiger partial charge in [0.05, 0.1) is 10.4 Å². The molecule has 0 bridgehead atoms. The Bertz CT molecular complexity index is 633. The molecule has 1 saturated heterocycles. The Balaban J connectivity index is 0.00000132. The van der Waals surface area contributed by atoms with Gasteiger partial charge in [-0.3, -0.25) is 0 Å². The highest BCUT2D eigenvalue weighted by molar-refractivity contribution is 6.33. The van der Waals surface area contributed by atoms with Gasteiger partial charge in [-0.1, -0.05) is 35.3 Å². The van der Waals surface area contributed by atoms with Gasteiger partial charge in [-0.15, -0.1) is 12.4 Å². The van der Waals surface area contributed by atoms with Gasteiger partial charge in [-0.25, -0.2) is 0 Å². The summed E-state index contributed by atoms with van der Waals surface area (Å²) in [7, 11) is 0. The van der Waals surface area contributed by atoms with E-state index in [1.807, 2.05) is 24.3 Å². The second-order valence-electron chi connectivity index (χ2n) is 5.78. The molecule has 1 aromatic heterocycles. The highest BCUT2D eigenvalue weighted by atomic mass is 35.5. The standard InChI is InChI=1S/C15H16ClN3O.ClH/c16-12-6-2-1-5-11(12)13-18-14(20-19-13)15-7-3-4-10(15)8-17-9-15;/h1-2,5-6,10,17H,3-4,7-9H2;1H/t10-,15-;/m1./s1. The third-order valence-electron chi connectivity index (χ3n) is 4.75. The molecule has 112 valence electrons. The number of aromatic nitrogens is 2. The second-order valence-corrected chi connectivity index (χ2v) is 6.19. The molecule has 0 radical (unpaired) electrons. The molecule has 1 N–H and O–H groups in total. The average Bonchev–Trinajstić information content (AvgIpc) is 3.13. The van der Waals surface area contributed by atoms with Crippen molar-refractivity contribution in [1.29, 1.82) is 0 Å². The first-order valence-electron chi connectivity index (χ1n) is 7.09. The smallest absolute Gasteiger partial charge is 0.234 e. The van der Waals surface area contributed by atoms with E-state index in [2.05, 4.69) is 15.5 Å². The van der Waals surface area contributed by atoms with Crippen LogP contribution in [0.25, 0.3) is 11.4 Å². The van der Waals surface area contributed by atoms with Gasteiger partial charge in [0.15, 0.2) is 0 Å². The quantitative estimate of drug-likeness (QED) is 0.918. The lowest BCUT2D eigenvalue weighted by atomic mass is 9.80. The minimum Gasteiger partial charge on any atom is -0.338 e. The average molecular weight is 326 g/mol. The molecule has 21 heavy (non-hydrogen) atoms. The van der Waals surface area contributed by atoms with Crippen LogP contribution in [0, 0.1) is 5.92 Å². The van der Waals surface area contributed by atoms with Gasteiger partial charge in [0.25, 0.3) is 0 Å². The van der Waals surface area contributed by atoms with E-state index in [1.54, 1.807) is 0 Å².